The molecule has 0 spiro atoms. The van der Waals surface area contributed by atoms with E-state index < -0.39 is 0 Å². The predicted octanol–water partition coefficient (Wildman–Crippen LogP) is 2.54. The Morgan fingerprint density at radius 2 is 2.00 bits per heavy atom. The van der Waals surface area contributed by atoms with Gasteiger partial charge in [0.25, 0.3) is 0 Å². The maximum Gasteiger partial charge on any atom is 0.161 e. The highest BCUT2D eigenvalue weighted by atomic mass is 16.5. The lowest BCUT2D eigenvalue weighted by molar-refractivity contribution is 0.352. The van der Waals surface area contributed by atoms with Crippen molar-refractivity contribution in [2.75, 3.05) is 14.2 Å². The second-order valence-electron chi connectivity index (χ2n) is 4.20. The number of hydrogen-bond acceptors (Lipinski definition) is 5. The molecule has 0 fully saturated rings. The van der Waals surface area contributed by atoms with Gasteiger partial charge in [0.1, 0.15) is 5.76 Å². The Morgan fingerprint density at radius 3 is 2.63 bits per heavy atom. The third-order valence-corrected chi connectivity index (χ3v) is 2.98. The van der Waals surface area contributed by atoms with Crippen LogP contribution in [0.5, 0.6) is 11.5 Å². The molecule has 0 bridgehead atoms. The number of nitrogens with one attached hydrogen (secondary N) is 1. The van der Waals surface area contributed by atoms with Crippen molar-refractivity contribution in [3.63, 3.8) is 0 Å². The van der Waals surface area contributed by atoms with Crippen LogP contribution in [0.3, 0.4) is 0 Å². The minimum atomic E-state index is 0.171. The maximum absolute atomic E-state index is 5.30. The van der Waals surface area contributed by atoms with E-state index >= 15 is 0 Å². The summed E-state index contributed by atoms with van der Waals surface area (Å²) in [7, 11) is 3.26. The molecule has 0 aliphatic carbocycles. The Labute approximate surface area is 112 Å². The van der Waals surface area contributed by atoms with Gasteiger partial charge >= 0.3 is 0 Å². The fourth-order valence-corrected chi connectivity index (χ4v) is 1.83. The minimum Gasteiger partial charge on any atom is -0.493 e. The standard InChI is InChI=1S/C14H18N2O3/c1-10(15-9-12-6-7-16-19-12)11-4-5-13(17-2)14(8-11)18-3/h4-8,10,15H,9H2,1-3H3. The first-order chi connectivity index (χ1) is 9.24. The first kappa shape index (κ1) is 13.4. The zero-order valence-corrected chi connectivity index (χ0v) is 11.3. The zero-order chi connectivity index (χ0) is 13.7. The van der Waals surface area contributed by atoms with Crippen molar-refractivity contribution >= 4 is 0 Å². The number of methoxy groups -OCH3 is 2. The van der Waals surface area contributed by atoms with Gasteiger partial charge in [-0.2, -0.15) is 0 Å². The molecule has 0 saturated heterocycles. The molecule has 1 unspecified atom stereocenters. The van der Waals surface area contributed by atoms with Crippen LogP contribution >= 0.6 is 0 Å². The zero-order valence-electron chi connectivity index (χ0n) is 11.3. The van der Waals surface area contributed by atoms with Gasteiger partial charge in [-0.25, -0.2) is 0 Å². The van der Waals surface area contributed by atoms with Crippen LogP contribution in [0.1, 0.15) is 24.3 Å². The van der Waals surface area contributed by atoms with Crippen molar-refractivity contribution in [2.24, 2.45) is 0 Å². The van der Waals surface area contributed by atoms with E-state index in [0.717, 1.165) is 22.8 Å². The van der Waals surface area contributed by atoms with Crippen molar-refractivity contribution in [3.8, 4) is 11.5 Å². The Hall–Kier alpha value is -2.01. The molecule has 1 aromatic heterocycles. The number of ether oxygens (including phenoxy) is 2. The Morgan fingerprint density at radius 1 is 1.21 bits per heavy atom. The van der Waals surface area contributed by atoms with Crippen molar-refractivity contribution in [1.29, 1.82) is 0 Å². The first-order valence-corrected chi connectivity index (χ1v) is 6.09. The van der Waals surface area contributed by atoms with Gasteiger partial charge in [0.2, 0.25) is 0 Å². The quantitative estimate of drug-likeness (QED) is 0.867. The Kier molecular flexibility index (Phi) is 4.41. The fourth-order valence-electron chi connectivity index (χ4n) is 1.83. The fraction of sp³-hybridized carbons (Fsp3) is 0.357. The Bertz CT molecular complexity index is 511. The highest BCUT2D eigenvalue weighted by molar-refractivity contribution is 5.43. The smallest absolute Gasteiger partial charge is 0.161 e. The van der Waals surface area contributed by atoms with Crippen LogP contribution in [-0.2, 0) is 6.54 Å². The van der Waals surface area contributed by atoms with E-state index in [4.69, 9.17) is 14.0 Å². The predicted molar refractivity (Wildman–Crippen MR) is 71.3 cm³/mol. The van der Waals surface area contributed by atoms with Gasteiger partial charge in [-0.1, -0.05) is 11.2 Å². The Balaban J connectivity index is 2.04. The summed E-state index contributed by atoms with van der Waals surface area (Å²) in [5, 5.41) is 7.03. The maximum atomic E-state index is 5.30. The molecule has 1 aromatic carbocycles. The second-order valence-corrected chi connectivity index (χ2v) is 4.20. The van der Waals surface area contributed by atoms with E-state index in [1.54, 1.807) is 20.4 Å². The normalized spacial score (nSPS) is 12.2. The van der Waals surface area contributed by atoms with E-state index in [1.165, 1.54) is 0 Å². The molecule has 1 N–H and O–H groups in total. The molecule has 1 heterocycles. The third kappa shape index (κ3) is 3.26. The number of rotatable bonds is 6. The number of hydrogen-bond donors (Lipinski definition) is 1. The van der Waals surface area contributed by atoms with E-state index in [2.05, 4.69) is 17.4 Å². The van der Waals surface area contributed by atoms with Crippen molar-refractivity contribution in [3.05, 3.63) is 41.8 Å². The molecule has 2 rings (SSSR count). The average molecular weight is 262 g/mol. The van der Waals surface area contributed by atoms with Crippen LogP contribution in [0.2, 0.25) is 0 Å². The first-order valence-electron chi connectivity index (χ1n) is 6.09. The summed E-state index contributed by atoms with van der Waals surface area (Å²) in [5.74, 6) is 2.27. The topological polar surface area (TPSA) is 56.5 Å². The molecule has 0 saturated carbocycles. The molecule has 5 heteroatoms. The summed E-state index contributed by atoms with van der Waals surface area (Å²) < 4.78 is 15.6. The number of aromatic nitrogens is 1. The summed E-state index contributed by atoms with van der Waals surface area (Å²) in [6, 6.07) is 7.90. The van der Waals surface area contributed by atoms with E-state index in [0.29, 0.717) is 6.54 Å². The van der Waals surface area contributed by atoms with Gasteiger partial charge in [-0.3, -0.25) is 0 Å². The lowest BCUT2D eigenvalue weighted by Crippen LogP contribution is -2.17. The van der Waals surface area contributed by atoms with E-state index in [-0.39, 0.29) is 6.04 Å². The molecule has 2 aromatic rings. The van der Waals surface area contributed by atoms with Crippen LogP contribution in [-0.4, -0.2) is 19.4 Å². The molecule has 1 atom stereocenters. The molecule has 102 valence electrons. The molecular weight excluding hydrogens is 244 g/mol. The summed E-state index contributed by atoms with van der Waals surface area (Å²) in [6.07, 6.45) is 1.64. The van der Waals surface area contributed by atoms with Crippen LogP contribution in [0, 0.1) is 0 Å². The van der Waals surface area contributed by atoms with Crippen LogP contribution < -0.4 is 14.8 Å². The van der Waals surface area contributed by atoms with Crippen LogP contribution in [0.15, 0.2) is 35.0 Å². The van der Waals surface area contributed by atoms with E-state index in [9.17, 15) is 0 Å². The summed E-state index contributed by atoms with van der Waals surface area (Å²) >= 11 is 0. The lowest BCUT2D eigenvalue weighted by atomic mass is 10.1. The van der Waals surface area contributed by atoms with Crippen LogP contribution in [0.4, 0.5) is 0 Å². The molecular formula is C14H18N2O3. The SMILES string of the molecule is COc1ccc(C(C)NCc2ccno2)cc1OC. The monoisotopic (exact) mass is 262 g/mol. The largest absolute Gasteiger partial charge is 0.493 e. The van der Waals surface area contributed by atoms with Gasteiger partial charge in [-0.15, -0.1) is 0 Å². The van der Waals surface area contributed by atoms with Crippen molar-refractivity contribution < 1.29 is 14.0 Å². The molecule has 0 radical (unpaired) electrons. The van der Waals surface area contributed by atoms with Crippen LogP contribution in [0.25, 0.3) is 0 Å². The summed E-state index contributed by atoms with van der Waals surface area (Å²) in [6.45, 7) is 2.72. The lowest BCUT2D eigenvalue weighted by Gasteiger charge is -2.15. The van der Waals surface area contributed by atoms with Gasteiger partial charge in [0.05, 0.1) is 27.0 Å². The summed E-state index contributed by atoms with van der Waals surface area (Å²) in [4.78, 5) is 0. The van der Waals surface area contributed by atoms with Gasteiger partial charge in [0, 0.05) is 12.1 Å². The van der Waals surface area contributed by atoms with E-state index in [1.807, 2.05) is 24.3 Å². The summed E-state index contributed by atoms with van der Waals surface area (Å²) in [5.41, 5.74) is 1.12. The molecule has 0 aliphatic heterocycles. The highest BCUT2D eigenvalue weighted by Crippen LogP contribution is 2.29. The third-order valence-electron chi connectivity index (χ3n) is 2.98. The number of benzene rings is 1. The molecule has 0 aliphatic rings. The van der Waals surface area contributed by atoms with Gasteiger partial charge in [-0.05, 0) is 24.6 Å². The molecule has 5 nitrogen and oxygen atoms in total. The van der Waals surface area contributed by atoms with Crippen molar-refractivity contribution in [1.82, 2.24) is 10.5 Å². The van der Waals surface area contributed by atoms with Gasteiger partial charge in [0.15, 0.2) is 11.5 Å². The van der Waals surface area contributed by atoms with Crippen molar-refractivity contribution in [2.45, 2.75) is 19.5 Å². The molecule has 0 amide bonds. The average Bonchev–Trinajstić information content (AvgIpc) is 2.97. The second kappa shape index (κ2) is 6.24. The highest BCUT2D eigenvalue weighted by Gasteiger charge is 2.10. The van der Waals surface area contributed by atoms with Gasteiger partial charge < -0.3 is 19.3 Å². The number of nitrogens with zero attached hydrogens (tertiary/aromatic N) is 1. The minimum absolute atomic E-state index is 0.171. The molecule has 19 heavy (non-hydrogen) atoms.